The molecule has 2 aromatic carbocycles. The molecule has 0 aromatic heterocycles. The molecule has 0 aliphatic heterocycles. The minimum Gasteiger partial charge on any atom is -0.375 e. The van der Waals surface area contributed by atoms with Crippen LogP contribution in [0.2, 0.25) is 0 Å². The molecule has 0 radical (unpaired) electrons. The molecule has 0 aliphatic rings. The number of carbonyl (C=O) groups is 1. The standard InChI is InChI=1S/C17H18FNO2/c1-12(2)11-21-10-9-19-17(20)15-7-8-16(18)14-6-4-3-5-13(14)15/h3-8H,1,9-11H2,2H3,(H,19,20). The first-order chi connectivity index (χ1) is 10.1. The van der Waals surface area contributed by atoms with Crippen molar-refractivity contribution in [3.63, 3.8) is 0 Å². The van der Waals surface area contributed by atoms with E-state index in [9.17, 15) is 9.18 Å². The summed E-state index contributed by atoms with van der Waals surface area (Å²) in [7, 11) is 0. The van der Waals surface area contributed by atoms with E-state index in [1.807, 2.05) is 6.92 Å². The number of benzene rings is 2. The Labute approximate surface area is 123 Å². The summed E-state index contributed by atoms with van der Waals surface area (Å²) in [6, 6.07) is 9.76. The maximum absolute atomic E-state index is 13.7. The lowest BCUT2D eigenvalue weighted by Crippen LogP contribution is -2.27. The van der Waals surface area contributed by atoms with Gasteiger partial charge >= 0.3 is 0 Å². The average Bonchev–Trinajstić information content (AvgIpc) is 2.47. The highest BCUT2D eigenvalue weighted by atomic mass is 19.1. The van der Waals surface area contributed by atoms with Crippen LogP contribution in [0.3, 0.4) is 0 Å². The minimum atomic E-state index is -0.327. The zero-order valence-electron chi connectivity index (χ0n) is 12.0. The van der Waals surface area contributed by atoms with Crippen LogP contribution in [0.25, 0.3) is 10.8 Å². The average molecular weight is 287 g/mol. The van der Waals surface area contributed by atoms with E-state index in [-0.39, 0.29) is 11.7 Å². The fraction of sp³-hybridized carbons (Fsp3) is 0.235. The van der Waals surface area contributed by atoms with Gasteiger partial charge in [-0.2, -0.15) is 0 Å². The summed E-state index contributed by atoms with van der Waals surface area (Å²) >= 11 is 0. The van der Waals surface area contributed by atoms with Gasteiger partial charge in [-0.3, -0.25) is 4.79 Å². The van der Waals surface area contributed by atoms with Crippen molar-refractivity contribution in [1.29, 1.82) is 0 Å². The Morgan fingerprint density at radius 2 is 1.95 bits per heavy atom. The summed E-state index contributed by atoms with van der Waals surface area (Å²) in [5, 5.41) is 3.83. The van der Waals surface area contributed by atoms with Crippen LogP contribution in [0.15, 0.2) is 48.6 Å². The molecule has 0 saturated carbocycles. The maximum atomic E-state index is 13.7. The summed E-state index contributed by atoms with van der Waals surface area (Å²) in [4.78, 5) is 12.2. The van der Waals surface area contributed by atoms with Gasteiger partial charge < -0.3 is 10.1 Å². The lowest BCUT2D eigenvalue weighted by atomic mass is 10.0. The fourth-order valence-electron chi connectivity index (χ4n) is 2.04. The topological polar surface area (TPSA) is 38.3 Å². The van der Waals surface area contributed by atoms with Crippen LogP contribution in [-0.2, 0) is 4.74 Å². The van der Waals surface area contributed by atoms with E-state index in [2.05, 4.69) is 11.9 Å². The number of carbonyl (C=O) groups excluding carboxylic acids is 1. The number of nitrogens with one attached hydrogen (secondary N) is 1. The number of amides is 1. The Balaban J connectivity index is 2.03. The zero-order chi connectivity index (χ0) is 15.2. The summed E-state index contributed by atoms with van der Waals surface area (Å²) in [5.41, 5.74) is 1.40. The molecule has 3 nitrogen and oxygen atoms in total. The molecule has 0 bridgehead atoms. The van der Waals surface area contributed by atoms with Crippen LogP contribution in [0.4, 0.5) is 4.39 Å². The summed E-state index contributed by atoms with van der Waals surface area (Å²) in [6.07, 6.45) is 0. The van der Waals surface area contributed by atoms with E-state index in [1.165, 1.54) is 12.1 Å². The third kappa shape index (κ3) is 3.89. The van der Waals surface area contributed by atoms with E-state index in [0.717, 1.165) is 5.57 Å². The molecule has 0 fully saturated rings. The van der Waals surface area contributed by atoms with Crippen LogP contribution in [0.5, 0.6) is 0 Å². The highest BCUT2D eigenvalue weighted by Crippen LogP contribution is 2.21. The Bertz CT molecular complexity index is 667. The van der Waals surface area contributed by atoms with E-state index in [4.69, 9.17) is 4.74 Å². The Morgan fingerprint density at radius 3 is 2.67 bits per heavy atom. The van der Waals surface area contributed by atoms with Crippen molar-refractivity contribution in [2.24, 2.45) is 0 Å². The van der Waals surface area contributed by atoms with Crippen LogP contribution < -0.4 is 5.32 Å². The second kappa shape index (κ2) is 6.99. The summed E-state index contributed by atoms with van der Waals surface area (Å²) in [6.45, 7) is 6.90. The highest BCUT2D eigenvalue weighted by Gasteiger charge is 2.11. The van der Waals surface area contributed by atoms with Gasteiger partial charge in [-0.25, -0.2) is 4.39 Å². The fourth-order valence-corrected chi connectivity index (χ4v) is 2.04. The quantitative estimate of drug-likeness (QED) is 0.654. The molecule has 0 saturated heterocycles. The third-order valence-electron chi connectivity index (χ3n) is 3.00. The van der Waals surface area contributed by atoms with Crippen molar-refractivity contribution < 1.29 is 13.9 Å². The predicted octanol–water partition coefficient (Wildman–Crippen LogP) is 3.30. The van der Waals surface area contributed by atoms with Gasteiger partial charge in [0, 0.05) is 17.5 Å². The van der Waals surface area contributed by atoms with Crippen molar-refractivity contribution in [2.45, 2.75) is 6.92 Å². The van der Waals surface area contributed by atoms with Crippen molar-refractivity contribution in [2.75, 3.05) is 19.8 Å². The lowest BCUT2D eigenvalue weighted by molar-refractivity contribution is 0.0928. The molecule has 2 aromatic rings. The van der Waals surface area contributed by atoms with Crippen LogP contribution in [0, 0.1) is 5.82 Å². The molecule has 0 spiro atoms. The number of hydrogen-bond donors (Lipinski definition) is 1. The number of rotatable bonds is 6. The lowest BCUT2D eigenvalue weighted by Gasteiger charge is -2.09. The Kier molecular flexibility index (Phi) is 5.06. The SMILES string of the molecule is C=C(C)COCCNC(=O)c1ccc(F)c2ccccc12. The van der Waals surface area contributed by atoms with Crippen LogP contribution in [0.1, 0.15) is 17.3 Å². The molecule has 0 atom stereocenters. The predicted molar refractivity (Wildman–Crippen MR) is 81.9 cm³/mol. The first kappa shape index (κ1) is 15.2. The van der Waals surface area contributed by atoms with Gasteiger partial charge in [-0.05, 0) is 24.4 Å². The van der Waals surface area contributed by atoms with Crippen molar-refractivity contribution in [1.82, 2.24) is 5.32 Å². The third-order valence-corrected chi connectivity index (χ3v) is 3.00. The van der Waals surface area contributed by atoms with Gasteiger partial charge in [-0.15, -0.1) is 0 Å². The number of fused-ring (bicyclic) bond motifs is 1. The Hall–Kier alpha value is -2.20. The molecule has 110 valence electrons. The smallest absolute Gasteiger partial charge is 0.251 e. The second-order valence-corrected chi connectivity index (χ2v) is 4.91. The molecular formula is C17H18FNO2. The largest absolute Gasteiger partial charge is 0.375 e. The summed E-state index contributed by atoms with van der Waals surface area (Å²) in [5.74, 6) is -0.558. The molecule has 1 N–H and O–H groups in total. The van der Waals surface area contributed by atoms with Crippen molar-refractivity contribution in [3.05, 3.63) is 59.9 Å². The monoisotopic (exact) mass is 287 g/mol. The first-order valence-electron chi connectivity index (χ1n) is 6.77. The molecule has 21 heavy (non-hydrogen) atoms. The maximum Gasteiger partial charge on any atom is 0.251 e. The molecule has 0 aliphatic carbocycles. The molecule has 0 heterocycles. The number of halogens is 1. The van der Waals surface area contributed by atoms with Gasteiger partial charge in [-0.1, -0.05) is 36.4 Å². The van der Waals surface area contributed by atoms with E-state index in [0.29, 0.717) is 36.1 Å². The second-order valence-electron chi connectivity index (χ2n) is 4.91. The van der Waals surface area contributed by atoms with Gasteiger partial charge in [0.2, 0.25) is 0 Å². The van der Waals surface area contributed by atoms with Crippen LogP contribution in [-0.4, -0.2) is 25.7 Å². The van der Waals surface area contributed by atoms with Crippen molar-refractivity contribution in [3.8, 4) is 0 Å². The van der Waals surface area contributed by atoms with Gasteiger partial charge in [0.1, 0.15) is 5.82 Å². The van der Waals surface area contributed by atoms with Crippen LogP contribution >= 0.6 is 0 Å². The Morgan fingerprint density at radius 1 is 1.24 bits per heavy atom. The first-order valence-corrected chi connectivity index (χ1v) is 6.77. The number of hydrogen-bond acceptors (Lipinski definition) is 2. The van der Waals surface area contributed by atoms with E-state index < -0.39 is 0 Å². The number of ether oxygens (including phenoxy) is 1. The van der Waals surface area contributed by atoms with Gasteiger partial charge in [0.15, 0.2) is 0 Å². The molecule has 2 rings (SSSR count). The highest BCUT2D eigenvalue weighted by molar-refractivity contribution is 6.07. The molecular weight excluding hydrogens is 269 g/mol. The van der Waals surface area contributed by atoms with E-state index >= 15 is 0 Å². The molecule has 1 amide bonds. The van der Waals surface area contributed by atoms with Gasteiger partial charge in [0.05, 0.1) is 13.2 Å². The van der Waals surface area contributed by atoms with Gasteiger partial charge in [0.25, 0.3) is 5.91 Å². The summed E-state index contributed by atoms with van der Waals surface area (Å²) < 4.78 is 19.0. The molecule has 0 unspecified atom stereocenters. The normalized spacial score (nSPS) is 10.6. The molecule has 4 heteroatoms. The van der Waals surface area contributed by atoms with Crippen molar-refractivity contribution >= 4 is 16.7 Å². The van der Waals surface area contributed by atoms with E-state index in [1.54, 1.807) is 24.3 Å². The zero-order valence-corrected chi connectivity index (χ0v) is 12.0. The minimum absolute atomic E-state index is 0.231.